The monoisotopic (exact) mass is 313 g/mol. The quantitative estimate of drug-likeness (QED) is 0.883. The van der Waals surface area contributed by atoms with Gasteiger partial charge in [0.25, 0.3) is 0 Å². The van der Waals surface area contributed by atoms with Crippen LogP contribution in [0.4, 0.5) is 22.1 Å². The average molecular weight is 313 g/mol. The Morgan fingerprint density at radius 1 is 1.04 bits per heavy atom. The summed E-state index contributed by atoms with van der Waals surface area (Å²) in [5, 5.41) is 6.07. The fourth-order valence-electron chi connectivity index (χ4n) is 2.30. The van der Waals surface area contributed by atoms with Gasteiger partial charge in [-0.1, -0.05) is 6.07 Å². The van der Waals surface area contributed by atoms with Crippen molar-refractivity contribution in [2.24, 2.45) is 0 Å². The van der Waals surface area contributed by atoms with Crippen molar-refractivity contribution in [1.82, 2.24) is 14.9 Å². The van der Waals surface area contributed by atoms with E-state index in [1.54, 1.807) is 4.90 Å². The summed E-state index contributed by atoms with van der Waals surface area (Å²) in [7, 11) is 0. The highest BCUT2D eigenvalue weighted by atomic mass is 16.2. The molecule has 0 atom stereocenters. The maximum Gasteiger partial charge on any atom is 0.321 e. The maximum absolute atomic E-state index is 12.1. The molecule has 0 aliphatic carbocycles. The number of benzene rings is 1. The Morgan fingerprint density at radius 3 is 2.26 bits per heavy atom. The number of nitrogens with zero attached hydrogens (tertiary/aromatic N) is 3. The van der Waals surface area contributed by atoms with Crippen LogP contribution in [-0.2, 0) is 0 Å². The summed E-state index contributed by atoms with van der Waals surface area (Å²) < 4.78 is 0. The van der Waals surface area contributed by atoms with E-state index < -0.39 is 0 Å². The molecule has 0 aliphatic heterocycles. The van der Waals surface area contributed by atoms with Crippen LogP contribution in [0.1, 0.15) is 25.2 Å². The predicted molar refractivity (Wildman–Crippen MR) is 93.2 cm³/mol. The second-order valence-corrected chi connectivity index (χ2v) is 5.28. The Morgan fingerprint density at radius 2 is 1.65 bits per heavy atom. The summed E-state index contributed by atoms with van der Waals surface area (Å²) in [4.78, 5) is 22.5. The van der Waals surface area contributed by atoms with Crippen LogP contribution >= 0.6 is 0 Å². The first kappa shape index (κ1) is 16.7. The summed E-state index contributed by atoms with van der Waals surface area (Å²) in [6.45, 7) is 9.13. The van der Waals surface area contributed by atoms with E-state index in [0.29, 0.717) is 19.0 Å². The molecule has 0 spiro atoms. The summed E-state index contributed by atoms with van der Waals surface area (Å²) in [5.41, 5.74) is 3.38. The third kappa shape index (κ3) is 4.67. The lowest BCUT2D eigenvalue weighted by atomic mass is 10.2. The molecule has 0 saturated heterocycles. The number of anilines is 3. The lowest BCUT2D eigenvalue weighted by Crippen LogP contribution is -2.34. The van der Waals surface area contributed by atoms with Crippen LogP contribution in [0, 0.1) is 13.8 Å². The van der Waals surface area contributed by atoms with Gasteiger partial charge in [0.1, 0.15) is 0 Å². The number of hydrogen-bond acceptors (Lipinski definition) is 4. The van der Waals surface area contributed by atoms with E-state index in [0.717, 1.165) is 22.8 Å². The Hall–Kier alpha value is -2.63. The zero-order valence-corrected chi connectivity index (χ0v) is 14.1. The second-order valence-electron chi connectivity index (χ2n) is 5.28. The van der Waals surface area contributed by atoms with Crippen molar-refractivity contribution in [3.05, 3.63) is 41.7 Å². The number of aryl methyl sites for hydroxylation is 2. The topological polar surface area (TPSA) is 70.2 Å². The molecule has 2 rings (SSSR count). The zero-order valence-electron chi connectivity index (χ0n) is 14.1. The first-order chi connectivity index (χ1) is 11.0. The SMILES string of the molecule is CCN(CC)C(=O)Nc1cccc(Nc2nc(C)cc(C)n2)c1. The third-order valence-corrected chi connectivity index (χ3v) is 3.40. The molecule has 0 aliphatic rings. The molecular formula is C17H23N5O. The van der Waals surface area contributed by atoms with Crippen LogP contribution in [-0.4, -0.2) is 34.0 Å². The molecule has 0 unspecified atom stereocenters. The van der Waals surface area contributed by atoms with E-state index in [1.165, 1.54) is 0 Å². The smallest absolute Gasteiger partial charge is 0.321 e. The predicted octanol–water partition coefficient (Wildman–Crippen LogP) is 3.71. The Bertz CT molecular complexity index is 662. The van der Waals surface area contributed by atoms with Crippen molar-refractivity contribution in [3.8, 4) is 0 Å². The van der Waals surface area contributed by atoms with E-state index >= 15 is 0 Å². The molecule has 2 aromatic rings. The number of aromatic nitrogens is 2. The molecule has 0 saturated carbocycles. The minimum Gasteiger partial charge on any atom is -0.325 e. The van der Waals surface area contributed by atoms with Gasteiger partial charge in [-0.15, -0.1) is 0 Å². The number of rotatable bonds is 5. The minimum atomic E-state index is -0.102. The standard InChI is InChI=1S/C17H23N5O/c1-5-22(6-2)17(23)21-15-9-7-8-14(11-15)20-16-18-12(3)10-13(4)19-16/h7-11H,5-6H2,1-4H3,(H,21,23)(H,18,19,20). The van der Waals surface area contributed by atoms with E-state index in [9.17, 15) is 4.79 Å². The molecule has 6 nitrogen and oxygen atoms in total. The van der Waals surface area contributed by atoms with Crippen LogP contribution in [0.25, 0.3) is 0 Å². The largest absolute Gasteiger partial charge is 0.325 e. The Labute approximate surface area is 137 Å². The van der Waals surface area contributed by atoms with Crippen molar-refractivity contribution in [3.63, 3.8) is 0 Å². The number of urea groups is 1. The molecule has 1 heterocycles. The summed E-state index contributed by atoms with van der Waals surface area (Å²) >= 11 is 0. The van der Waals surface area contributed by atoms with Crippen LogP contribution < -0.4 is 10.6 Å². The van der Waals surface area contributed by atoms with Crippen LogP contribution in [0.15, 0.2) is 30.3 Å². The van der Waals surface area contributed by atoms with Crippen molar-refractivity contribution in [2.45, 2.75) is 27.7 Å². The molecule has 0 fully saturated rings. The van der Waals surface area contributed by atoms with Gasteiger partial charge in [-0.25, -0.2) is 14.8 Å². The fourth-order valence-corrected chi connectivity index (χ4v) is 2.30. The van der Waals surface area contributed by atoms with Gasteiger partial charge in [-0.2, -0.15) is 0 Å². The Balaban J connectivity index is 2.12. The molecule has 6 heteroatoms. The van der Waals surface area contributed by atoms with Gasteiger partial charge in [-0.05, 0) is 52.0 Å². The molecule has 23 heavy (non-hydrogen) atoms. The number of hydrogen-bond donors (Lipinski definition) is 2. The summed E-state index contributed by atoms with van der Waals surface area (Å²) in [6.07, 6.45) is 0. The third-order valence-electron chi connectivity index (χ3n) is 3.40. The molecule has 0 radical (unpaired) electrons. The van der Waals surface area contributed by atoms with Crippen molar-refractivity contribution in [1.29, 1.82) is 0 Å². The van der Waals surface area contributed by atoms with E-state index in [2.05, 4.69) is 20.6 Å². The minimum absolute atomic E-state index is 0.102. The molecule has 122 valence electrons. The van der Waals surface area contributed by atoms with Gasteiger partial charge in [0.15, 0.2) is 0 Å². The highest BCUT2D eigenvalue weighted by Gasteiger charge is 2.09. The normalized spacial score (nSPS) is 10.3. The van der Waals surface area contributed by atoms with Gasteiger partial charge in [0.2, 0.25) is 5.95 Å². The van der Waals surface area contributed by atoms with E-state index in [1.807, 2.05) is 58.0 Å². The number of carbonyl (C=O) groups excluding carboxylic acids is 1. The lowest BCUT2D eigenvalue weighted by molar-refractivity contribution is 0.217. The number of nitrogens with one attached hydrogen (secondary N) is 2. The van der Waals surface area contributed by atoms with Gasteiger partial charge in [-0.3, -0.25) is 0 Å². The Kier molecular flexibility index (Phi) is 5.51. The zero-order chi connectivity index (χ0) is 16.8. The maximum atomic E-state index is 12.1. The van der Waals surface area contributed by atoms with E-state index in [4.69, 9.17) is 0 Å². The highest BCUT2D eigenvalue weighted by molar-refractivity contribution is 5.90. The molecule has 1 aromatic carbocycles. The van der Waals surface area contributed by atoms with Crippen LogP contribution in [0.3, 0.4) is 0 Å². The first-order valence-electron chi connectivity index (χ1n) is 7.77. The fraction of sp³-hybridized carbons (Fsp3) is 0.353. The first-order valence-corrected chi connectivity index (χ1v) is 7.77. The summed E-state index contributed by atoms with van der Waals surface area (Å²) in [6, 6.07) is 9.33. The van der Waals surface area contributed by atoms with Crippen molar-refractivity contribution in [2.75, 3.05) is 23.7 Å². The van der Waals surface area contributed by atoms with Crippen LogP contribution in [0.5, 0.6) is 0 Å². The number of amides is 2. The van der Waals surface area contributed by atoms with Gasteiger partial charge in [0, 0.05) is 35.9 Å². The second kappa shape index (κ2) is 7.58. The molecule has 0 bridgehead atoms. The van der Waals surface area contributed by atoms with Gasteiger partial charge < -0.3 is 15.5 Å². The lowest BCUT2D eigenvalue weighted by Gasteiger charge is -2.19. The van der Waals surface area contributed by atoms with Crippen LogP contribution in [0.2, 0.25) is 0 Å². The van der Waals surface area contributed by atoms with Gasteiger partial charge in [0.05, 0.1) is 0 Å². The van der Waals surface area contributed by atoms with Gasteiger partial charge >= 0.3 is 6.03 Å². The number of carbonyl (C=O) groups is 1. The van der Waals surface area contributed by atoms with E-state index in [-0.39, 0.29) is 6.03 Å². The average Bonchev–Trinajstić information content (AvgIpc) is 2.47. The molecular weight excluding hydrogens is 290 g/mol. The highest BCUT2D eigenvalue weighted by Crippen LogP contribution is 2.19. The molecule has 2 amide bonds. The van der Waals surface area contributed by atoms with Crippen molar-refractivity contribution < 1.29 is 4.79 Å². The molecule has 1 aromatic heterocycles. The van der Waals surface area contributed by atoms with Crippen molar-refractivity contribution >= 4 is 23.4 Å². The molecule has 2 N–H and O–H groups in total. The summed E-state index contributed by atoms with van der Waals surface area (Å²) in [5.74, 6) is 0.551.